The molecule has 1 atom stereocenters. The summed E-state index contributed by atoms with van der Waals surface area (Å²) < 4.78 is 0. The first-order chi connectivity index (χ1) is 10.1. The van der Waals surface area contributed by atoms with Crippen LogP contribution >= 0.6 is 0 Å². The molecule has 0 bridgehead atoms. The van der Waals surface area contributed by atoms with Gasteiger partial charge in [-0.1, -0.05) is 30.3 Å². The summed E-state index contributed by atoms with van der Waals surface area (Å²) in [5.41, 5.74) is 7.79. The molecule has 0 amide bonds. The molecule has 0 fully saturated rings. The molecule has 3 rings (SSSR count). The number of nitrogens with two attached hydrogens (primary N) is 1. The fraction of sp³-hybridized carbons (Fsp3) is 0.143. The number of aromatic nitrogens is 4. The van der Waals surface area contributed by atoms with Crippen LogP contribution in [0.5, 0.6) is 0 Å². The molecular weight excluding hydrogens is 270 g/mol. The number of anilines is 1. The summed E-state index contributed by atoms with van der Waals surface area (Å²) in [7, 11) is 0. The number of nitrogens with one attached hydrogen (secondary N) is 1. The van der Waals surface area contributed by atoms with Crippen molar-refractivity contribution >= 4 is 23.1 Å². The molecule has 3 aromatic rings. The molecule has 0 saturated heterocycles. The van der Waals surface area contributed by atoms with Gasteiger partial charge in [-0.15, -0.1) is 0 Å². The zero-order chi connectivity index (χ0) is 14.8. The van der Waals surface area contributed by atoms with E-state index in [9.17, 15) is 9.90 Å². The highest BCUT2D eigenvalue weighted by Gasteiger charge is 2.26. The minimum absolute atomic E-state index is 0.0175. The second-order valence-electron chi connectivity index (χ2n) is 4.65. The number of hydrogen-bond acceptors (Lipinski definition) is 5. The fourth-order valence-corrected chi connectivity index (χ4v) is 2.28. The number of benzene rings is 1. The van der Waals surface area contributed by atoms with Crippen LogP contribution < -0.4 is 5.73 Å². The van der Waals surface area contributed by atoms with Crippen molar-refractivity contribution < 1.29 is 9.90 Å². The van der Waals surface area contributed by atoms with E-state index in [1.54, 1.807) is 0 Å². The van der Waals surface area contributed by atoms with Gasteiger partial charge in [0.25, 0.3) is 0 Å². The quantitative estimate of drug-likeness (QED) is 0.665. The Balaban J connectivity index is 2.07. The van der Waals surface area contributed by atoms with Crippen LogP contribution in [0.4, 0.5) is 5.95 Å². The summed E-state index contributed by atoms with van der Waals surface area (Å²) in [5, 5.41) is 9.54. The van der Waals surface area contributed by atoms with E-state index >= 15 is 0 Å². The van der Waals surface area contributed by atoms with Crippen molar-refractivity contribution in [2.45, 2.75) is 12.3 Å². The number of carboxylic acids is 1. The SMILES string of the molecule is Nc1nc(C(Cc2ccccc2)C(=O)O)c2[nH]cnc2n1. The van der Waals surface area contributed by atoms with E-state index in [2.05, 4.69) is 19.9 Å². The number of imidazole rings is 1. The highest BCUT2D eigenvalue weighted by molar-refractivity contribution is 5.84. The molecule has 0 radical (unpaired) electrons. The van der Waals surface area contributed by atoms with Crippen LogP contribution in [0.1, 0.15) is 17.2 Å². The molecule has 0 aliphatic heterocycles. The molecule has 21 heavy (non-hydrogen) atoms. The van der Waals surface area contributed by atoms with Crippen molar-refractivity contribution in [2.24, 2.45) is 0 Å². The van der Waals surface area contributed by atoms with E-state index < -0.39 is 11.9 Å². The number of hydrogen-bond donors (Lipinski definition) is 3. The second-order valence-corrected chi connectivity index (χ2v) is 4.65. The van der Waals surface area contributed by atoms with Gasteiger partial charge in [-0.2, -0.15) is 4.98 Å². The molecule has 0 spiro atoms. The van der Waals surface area contributed by atoms with E-state index in [0.717, 1.165) is 5.56 Å². The standard InChI is InChI=1S/C14H13N5O2/c15-14-18-10(11-12(19-14)17-7-16-11)9(13(20)21)6-8-4-2-1-3-5-8/h1-5,7,9H,6H2,(H,20,21)(H3,15,16,17,18,19). The number of H-pyrrole nitrogens is 1. The number of nitrogens with zero attached hydrogens (tertiary/aromatic N) is 3. The van der Waals surface area contributed by atoms with Crippen molar-refractivity contribution in [1.29, 1.82) is 0 Å². The number of nitrogen functional groups attached to an aromatic ring is 1. The smallest absolute Gasteiger partial charge is 0.313 e. The lowest BCUT2D eigenvalue weighted by atomic mass is 9.95. The number of carbonyl (C=O) groups is 1. The van der Waals surface area contributed by atoms with Crippen molar-refractivity contribution in [2.75, 3.05) is 5.73 Å². The molecule has 0 saturated carbocycles. The van der Waals surface area contributed by atoms with Gasteiger partial charge >= 0.3 is 5.97 Å². The second kappa shape index (κ2) is 5.20. The van der Waals surface area contributed by atoms with Gasteiger partial charge in [0, 0.05) is 0 Å². The Hall–Kier alpha value is -2.96. The number of aliphatic carboxylic acids is 1. The topological polar surface area (TPSA) is 118 Å². The van der Waals surface area contributed by atoms with Gasteiger partial charge in [-0.25, -0.2) is 9.97 Å². The third-order valence-electron chi connectivity index (χ3n) is 3.24. The Morgan fingerprint density at radius 3 is 2.76 bits per heavy atom. The van der Waals surface area contributed by atoms with Gasteiger partial charge in [0.2, 0.25) is 5.95 Å². The molecule has 106 valence electrons. The normalized spacial score (nSPS) is 12.4. The maximum absolute atomic E-state index is 11.6. The van der Waals surface area contributed by atoms with Crippen LogP contribution in [0.25, 0.3) is 11.2 Å². The summed E-state index contributed by atoms with van der Waals surface area (Å²) in [6.07, 6.45) is 1.77. The van der Waals surface area contributed by atoms with E-state index in [1.165, 1.54) is 6.33 Å². The molecule has 4 N–H and O–H groups in total. The van der Waals surface area contributed by atoms with E-state index in [0.29, 0.717) is 23.3 Å². The van der Waals surface area contributed by atoms with Crippen LogP contribution in [0, 0.1) is 0 Å². The van der Waals surface area contributed by atoms with Crippen LogP contribution in [0.2, 0.25) is 0 Å². The number of fused-ring (bicyclic) bond motifs is 1. The largest absolute Gasteiger partial charge is 0.481 e. The van der Waals surface area contributed by atoms with Gasteiger partial charge in [0.1, 0.15) is 11.4 Å². The molecule has 1 aromatic carbocycles. The summed E-state index contributed by atoms with van der Waals surface area (Å²) in [5.74, 6) is -1.77. The Bertz CT molecular complexity index is 784. The van der Waals surface area contributed by atoms with Crippen molar-refractivity contribution in [3.8, 4) is 0 Å². The summed E-state index contributed by atoms with van der Waals surface area (Å²) in [6.45, 7) is 0. The first-order valence-corrected chi connectivity index (χ1v) is 6.38. The molecule has 0 aliphatic rings. The Kier molecular flexibility index (Phi) is 3.23. The first-order valence-electron chi connectivity index (χ1n) is 6.38. The van der Waals surface area contributed by atoms with Gasteiger partial charge < -0.3 is 15.8 Å². The van der Waals surface area contributed by atoms with Crippen molar-refractivity contribution in [3.63, 3.8) is 0 Å². The molecule has 7 nitrogen and oxygen atoms in total. The van der Waals surface area contributed by atoms with Crippen molar-refractivity contribution in [3.05, 3.63) is 47.9 Å². The average Bonchev–Trinajstić information content (AvgIpc) is 2.93. The molecule has 2 aromatic heterocycles. The lowest BCUT2D eigenvalue weighted by molar-refractivity contribution is -0.138. The maximum atomic E-state index is 11.6. The van der Waals surface area contributed by atoms with E-state index in [-0.39, 0.29) is 5.95 Å². The minimum atomic E-state index is -0.965. The highest BCUT2D eigenvalue weighted by Crippen LogP contribution is 2.25. The summed E-state index contributed by atoms with van der Waals surface area (Å²) in [6, 6.07) is 9.38. The van der Waals surface area contributed by atoms with Gasteiger partial charge in [0.15, 0.2) is 5.65 Å². The number of rotatable bonds is 4. The fourth-order valence-electron chi connectivity index (χ4n) is 2.28. The summed E-state index contributed by atoms with van der Waals surface area (Å²) in [4.78, 5) is 26.6. The van der Waals surface area contributed by atoms with Gasteiger partial charge in [-0.3, -0.25) is 4.79 Å². The zero-order valence-corrected chi connectivity index (χ0v) is 11.0. The Morgan fingerprint density at radius 2 is 2.05 bits per heavy atom. The van der Waals surface area contributed by atoms with E-state index in [1.807, 2.05) is 30.3 Å². The van der Waals surface area contributed by atoms with Crippen LogP contribution in [0.3, 0.4) is 0 Å². The minimum Gasteiger partial charge on any atom is -0.481 e. The predicted molar refractivity (Wildman–Crippen MR) is 76.6 cm³/mol. The van der Waals surface area contributed by atoms with E-state index in [4.69, 9.17) is 5.73 Å². The predicted octanol–water partition coefficient (Wildman–Crippen LogP) is 1.35. The molecule has 1 unspecified atom stereocenters. The monoisotopic (exact) mass is 283 g/mol. The lowest BCUT2D eigenvalue weighted by Gasteiger charge is -2.13. The van der Waals surface area contributed by atoms with Gasteiger partial charge in [0.05, 0.1) is 12.0 Å². The molecule has 2 heterocycles. The number of carboxylic acid groups (broad SMARTS) is 1. The highest BCUT2D eigenvalue weighted by atomic mass is 16.4. The van der Waals surface area contributed by atoms with Crippen LogP contribution in [0.15, 0.2) is 36.7 Å². The number of aromatic amines is 1. The van der Waals surface area contributed by atoms with Crippen LogP contribution in [-0.2, 0) is 11.2 Å². The van der Waals surface area contributed by atoms with Gasteiger partial charge in [-0.05, 0) is 12.0 Å². The molecular formula is C14H13N5O2. The van der Waals surface area contributed by atoms with Crippen LogP contribution in [-0.4, -0.2) is 31.0 Å². The molecule has 0 aliphatic carbocycles. The summed E-state index contributed by atoms with van der Waals surface area (Å²) >= 11 is 0. The lowest BCUT2D eigenvalue weighted by Crippen LogP contribution is -2.17. The molecule has 7 heteroatoms. The van der Waals surface area contributed by atoms with Crippen molar-refractivity contribution in [1.82, 2.24) is 19.9 Å². The Labute approximate surface area is 119 Å². The maximum Gasteiger partial charge on any atom is 0.313 e. The Morgan fingerprint density at radius 1 is 1.29 bits per heavy atom. The third kappa shape index (κ3) is 2.53. The average molecular weight is 283 g/mol. The zero-order valence-electron chi connectivity index (χ0n) is 11.0. The third-order valence-corrected chi connectivity index (χ3v) is 3.24. The first kappa shape index (κ1) is 13.0.